The Kier molecular flexibility index (Phi) is 8.14. The minimum Gasteiger partial charge on any atom is -0.466 e. The van der Waals surface area contributed by atoms with Crippen molar-refractivity contribution in [1.29, 1.82) is 10.7 Å². The van der Waals surface area contributed by atoms with Gasteiger partial charge in [-0.2, -0.15) is 18.4 Å². The number of nitrogens with two attached hydrogens (primary N) is 1. The van der Waals surface area contributed by atoms with Crippen LogP contribution >= 0.6 is 0 Å². The Balaban J connectivity index is 2.34. The van der Waals surface area contributed by atoms with Gasteiger partial charge in [-0.1, -0.05) is 12.1 Å². The second-order valence-electron chi connectivity index (χ2n) is 8.21. The Bertz CT molecular complexity index is 1420. The molecule has 1 aliphatic rings. The van der Waals surface area contributed by atoms with E-state index in [9.17, 15) is 32.8 Å². The quantitative estimate of drug-likeness (QED) is 0.416. The van der Waals surface area contributed by atoms with Gasteiger partial charge in [-0.05, 0) is 44.2 Å². The molecule has 0 fully saturated rings. The maximum absolute atomic E-state index is 13.4. The molecule has 0 aliphatic carbocycles. The molecule has 2 aromatic rings. The number of urea groups is 2. The van der Waals surface area contributed by atoms with E-state index in [0.29, 0.717) is 4.90 Å². The zero-order valence-electron chi connectivity index (χ0n) is 21.0. The fourth-order valence-corrected chi connectivity index (χ4v) is 4.17. The maximum Gasteiger partial charge on any atom is 0.416 e. The van der Waals surface area contributed by atoms with Crippen molar-refractivity contribution >= 4 is 35.4 Å². The summed E-state index contributed by atoms with van der Waals surface area (Å²) in [5.41, 5.74) is 4.43. The lowest BCUT2D eigenvalue weighted by Gasteiger charge is -2.43. The molecule has 0 aromatic heterocycles. The summed E-state index contributed by atoms with van der Waals surface area (Å²) in [5, 5.41) is 23.2. The van der Waals surface area contributed by atoms with Gasteiger partial charge in [0.2, 0.25) is 5.96 Å². The van der Waals surface area contributed by atoms with Crippen molar-refractivity contribution < 1.29 is 32.3 Å². The first-order valence-corrected chi connectivity index (χ1v) is 11.4. The van der Waals surface area contributed by atoms with E-state index in [4.69, 9.17) is 15.9 Å². The van der Waals surface area contributed by atoms with E-state index in [2.05, 4.69) is 10.6 Å². The lowest BCUT2D eigenvalue weighted by atomic mass is 9.91. The van der Waals surface area contributed by atoms with Crippen LogP contribution in [0.25, 0.3) is 0 Å². The topological polar surface area (TPSA) is 165 Å². The number of carbonyl (C=O) groups excluding carboxylic acids is 3. The van der Waals surface area contributed by atoms with E-state index in [0.717, 1.165) is 30.2 Å². The number of ether oxygens (including phenoxy) is 1. The van der Waals surface area contributed by atoms with Crippen LogP contribution in [0.1, 0.15) is 36.6 Å². The van der Waals surface area contributed by atoms with Crippen molar-refractivity contribution in [3.05, 3.63) is 70.4 Å². The molecule has 0 spiro atoms. The normalized spacial score (nSPS) is 15.5. The van der Waals surface area contributed by atoms with Gasteiger partial charge in [-0.15, -0.1) is 0 Å². The number of primary amides is 1. The highest BCUT2D eigenvalue weighted by molar-refractivity contribution is 6.10. The minimum atomic E-state index is -4.70. The third-order valence-corrected chi connectivity index (χ3v) is 5.83. The van der Waals surface area contributed by atoms with Crippen LogP contribution in [0.15, 0.2) is 53.7 Å². The fourth-order valence-electron chi connectivity index (χ4n) is 4.17. The molecule has 14 heteroatoms. The summed E-state index contributed by atoms with van der Waals surface area (Å²) in [6, 6.07) is 6.61. The zero-order chi connectivity index (χ0) is 29.1. The molecule has 1 aliphatic heterocycles. The van der Waals surface area contributed by atoms with E-state index < -0.39 is 41.8 Å². The minimum absolute atomic E-state index is 0.0192. The van der Waals surface area contributed by atoms with Gasteiger partial charge in [0.05, 0.1) is 29.9 Å². The highest BCUT2D eigenvalue weighted by Crippen LogP contribution is 2.43. The third-order valence-electron chi connectivity index (χ3n) is 5.83. The Morgan fingerprint density at radius 3 is 2.46 bits per heavy atom. The number of benzene rings is 2. The standard InChI is InChI=1S/C25H24F3N7O4/c1-4-32-24(38)33-18-10-14(12-29)8-9-17(18)20-19(21(36)39-3)13(2)34(22(30)35(20)23(31)37)16-7-5-6-15(11-16)25(26,27)28/h5-11,20,30H,4H2,1-3H3,(H2,31,37)(H2,32,33,38)/t20-/m1/s1. The lowest BCUT2D eigenvalue weighted by Crippen LogP contribution is -2.55. The van der Waals surface area contributed by atoms with Crippen LogP contribution in [0.5, 0.6) is 0 Å². The van der Waals surface area contributed by atoms with Crippen molar-refractivity contribution in [3.63, 3.8) is 0 Å². The number of hydrogen-bond donors (Lipinski definition) is 4. The van der Waals surface area contributed by atoms with Gasteiger partial charge in [0.1, 0.15) is 6.04 Å². The summed E-state index contributed by atoms with van der Waals surface area (Å²) < 4.78 is 45.2. The number of hydrogen-bond acceptors (Lipinski definition) is 6. The number of nitrogens with zero attached hydrogens (tertiary/aromatic N) is 3. The van der Waals surface area contributed by atoms with Crippen molar-refractivity contribution in [1.82, 2.24) is 10.2 Å². The van der Waals surface area contributed by atoms with Crippen LogP contribution in [0.2, 0.25) is 0 Å². The molecule has 4 amide bonds. The third kappa shape index (κ3) is 5.61. The molecule has 0 radical (unpaired) electrons. The van der Waals surface area contributed by atoms with Gasteiger partial charge < -0.3 is 21.1 Å². The van der Waals surface area contributed by atoms with Crippen LogP contribution in [0.4, 0.5) is 34.1 Å². The predicted molar refractivity (Wildman–Crippen MR) is 134 cm³/mol. The van der Waals surface area contributed by atoms with Crippen molar-refractivity contribution in [3.8, 4) is 6.07 Å². The number of nitriles is 1. The number of carbonyl (C=O) groups is 3. The molecular weight excluding hydrogens is 519 g/mol. The van der Waals surface area contributed by atoms with Gasteiger partial charge >= 0.3 is 24.2 Å². The number of amides is 4. The largest absolute Gasteiger partial charge is 0.466 e. The number of esters is 1. The molecule has 3 rings (SSSR count). The van der Waals surface area contributed by atoms with Crippen molar-refractivity contribution in [2.24, 2.45) is 5.73 Å². The number of guanidine groups is 1. The van der Waals surface area contributed by atoms with E-state index in [1.54, 1.807) is 6.92 Å². The van der Waals surface area contributed by atoms with Gasteiger partial charge in [0.15, 0.2) is 0 Å². The Hall–Kier alpha value is -5.06. The molecule has 1 atom stereocenters. The number of methoxy groups -OCH3 is 1. The van der Waals surface area contributed by atoms with Crippen LogP contribution in [-0.4, -0.2) is 42.5 Å². The first kappa shape index (κ1) is 28.5. The average molecular weight is 544 g/mol. The molecular formula is C25H24F3N7O4. The molecule has 0 saturated carbocycles. The average Bonchev–Trinajstić information content (AvgIpc) is 2.87. The second-order valence-corrected chi connectivity index (χ2v) is 8.21. The number of nitrogens with one attached hydrogen (secondary N) is 3. The number of alkyl halides is 3. The SMILES string of the molecule is CCNC(=O)Nc1cc(C#N)ccc1[C@@H]1C(C(=O)OC)=C(C)N(c2cccc(C(F)(F)F)c2)C(=N)N1C(N)=O. The smallest absolute Gasteiger partial charge is 0.416 e. The molecule has 0 unspecified atom stereocenters. The molecule has 0 saturated heterocycles. The fraction of sp³-hybridized carbons (Fsp3) is 0.240. The zero-order valence-corrected chi connectivity index (χ0v) is 21.0. The molecule has 0 bridgehead atoms. The Morgan fingerprint density at radius 2 is 1.90 bits per heavy atom. The van der Waals surface area contributed by atoms with Gasteiger partial charge in [-0.3, -0.25) is 15.2 Å². The summed E-state index contributed by atoms with van der Waals surface area (Å²) in [6.07, 6.45) is -4.70. The van der Waals surface area contributed by atoms with Crippen LogP contribution < -0.4 is 21.3 Å². The van der Waals surface area contributed by atoms with E-state index in [-0.39, 0.29) is 40.3 Å². The predicted octanol–water partition coefficient (Wildman–Crippen LogP) is 4.04. The van der Waals surface area contributed by atoms with Crippen molar-refractivity contribution in [2.45, 2.75) is 26.1 Å². The highest BCUT2D eigenvalue weighted by Gasteiger charge is 2.45. The first-order valence-electron chi connectivity index (χ1n) is 11.4. The maximum atomic E-state index is 13.4. The molecule has 5 N–H and O–H groups in total. The molecule has 204 valence electrons. The van der Waals surface area contributed by atoms with Gasteiger partial charge in [-0.25, -0.2) is 14.4 Å². The molecule has 11 nitrogen and oxygen atoms in total. The summed E-state index contributed by atoms with van der Waals surface area (Å²) in [7, 11) is 1.06. The van der Waals surface area contributed by atoms with E-state index in [1.165, 1.54) is 31.2 Å². The Morgan fingerprint density at radius 1 is 1.21 bits per heavy atom. The monoisotopic (exact) mass is 543 g/mol. The number of rotatable bonds is 5. The summed E-state index contributed by atoms with van der Waals surface area (Å²) >= 11 is 0. The summed E-state index contributed by atoms with van der Waals surface area (Å²) in [6.45, 7) is 3.30. The van der Waals surface area contributed by atoms with Crippen LogP contribution in [-0.2, 0) is 15.7 Å². The van der Waals surface area contributed by atoms with Crippen LogP contribution in [0.3, 0.4) is 0 Å². The molecule has 39 heavy (non-hydrogen) atoms. The summed E-state index contributed by atoms with van der Waals surface area (Å²) in [4.78, 5) is 39.9. The Labute approximate surface area is 221 Å². The highest BCUT2D eigenvalue weighted by atomic mass is 19.4. The van der Waals surface area contributed by atoms with E-state index >= 15 is 0 Å². The van der Waals surface area contributed by atoms with Gasteiger partial charge in [0, 0.05) is 29.2 Å². The number of anilines is 2. The van der Waals surface area contributed by atoms with Crippen molar-refractivity contribution in [2.75, 3.05) is 23.9 Å². The molecule has 1 heterocycles. The number of allylic oxidation sites excluding steroid dienone is 1. The lowest BCUT2D eigenvalue weighted by molar-refractivity contribution is -0.138. The second kappa shape index (κ2) is 11.1. The van der Waals surface area contributed by atoms with Crippen LogP contribution in [0, 0.1) is 16.7 Å². The van der Waals surface area contributed by atoms with Gasteiger partial charge in [0.25, 0.3) is 0 Å². The molecule has 2 aromatic carbocycles. The van der Waals surface area contributed by atoms with E-state index in [1.807, 2.05) is 6.07 Å². The first-order chi connectivity index (χ1) is 18.3. The summed E-state index contributed by atoms with van der Waals surface area (Å²) in [5.74, 6) is -1.63. The number of halogens is 3.